The number of hydrogen-bond donors (Lipinski definition) is 0. The van der Waals surface area contributed by atoms with Crippen molar-refractivity contribution in [1.82, 2.24) is 9.55 Å². The van der Waals surface area contributed by atoms with Gasteiger partial charge in [-0.3, -0.25) is 14.2 Å². The van der Waals surface area contributed by atoms with Gasteiger partial charge >= 0.3 is 0 Å². The fraction of sp³-hybridized carbons (Fsp3) is 0.208. The van der Waals surface area contributed by atoms with E-state index in [0.717, 1.165) is 40.9 Å². The molecular formula is C24H21N3O2S. The topological polar surface area (TPSA) is 55.2 Å². The van der Waals surface area contributed by atoms with Crippen molar-refractivity contribution in [3.63, 3.8) is 0 Å². The van der Waals surface area contributed by atoms with Gasteiger partial charge in [-0.2, -0.15) is 0 Å². The summed E-state index contributed by atoms with van der Waals surface area (Å²) < 4.78 is 2.32. The average Bonchev–Trinajstić information content (AvgIpc) is 3.37. The Kier molecular flexibility index (Phi) is 4.71. The number of hydrogen-bond acceptors (Lipinski definition) is 4. The molecule has 5 nitrogen and oxygen atoms in total. The summed E-state index contributed by atoms with van der Waals surface area (Å²) in [6.07, 6.45) is 3.16. The molecule has 1 aliphatic heterocycles. The van der Waals surface area contributed by atoms with Crippen molar-refractivity contribution in [2.24, 2.45) is 0 Å². The SMILES string of the molecule is Cc1cccc(-c2csc3c(=O)n(Cc4ccc(N5CCCC5=O)cc4)cnc23)c1. The lowest BCUT2D eigenvalue weighted by atomic mass is 10.1. The lowest BCUT2D eigenvalue weighted by Gasteiger charge is -2.16. The molecule has 1 saturated heterocycles. The number of aromatic nitrogens is 2. The van der Waals surface area contributed by atoms with Gasteiger partial charge in [-0.15, -0.1) is 11.3 Å². The second-order valence-electron chi connectivity index (χ2n) is 7.69. The van der Waals surface area contributed by atoms with Crippen LogP contribution in [0, 0.1) is 6.92 Å². The summed E-state index contributed by atoms with van der Waals surface area (Å²) in [4.78, 5) is 31.4. The van der Waals surface area contributed by atoms with Crippen LogP contribution in [0.1, 0.15) is 24.0 Å². The van der Waals surface area contributed by atoms with Crippen molar-refractivity contribution in [3.05, 3.63) is 81.7 Å². The first-order valence-corrected chi connectivity index (χ1v) is 10.9. The van der Waals surface area contributed by atoms with Gasteiger partial charge in [0, 0.05) is 29.6 Å². The van der Waals surface area contributed by atoms with Crippen LogP contribution >= 0.6 is 11.3 Å². The number of thiophene rings is 1. The average molecular weight is 416 g/mol. The maximum atomic E-state index is 13.0. The molecule has 1 fully saturated rings. The van der Waals surface area contributed by atoms with Gasteiger partial charge in [-0.05, 0) is 36.6 Å². The molecule has 0 atom stereocenters. The summed E-state index contributed by atoms with van der Waals surface area (Å²) in [7, 11) is 0. The monoisotopic (exact) mass is 415 g/mol. The maximum Gasteiger partial charge on any atom is 0.271 e. The molecule has 30 heavy (non-hydrogen) atoms. The van der Waals surface area contributed by atoms with Gasteiger partial charge in [0.1, 0.15) is 4.70 Å². The molecule has 4 aromatic rings. The molecule has 2 aromatic heterocycles. The van der Waals surface area contributed by atoms with Crippen molar-refractivity contribution in [2.75, 3.05) is 11.4 Å². The molecule has 0 aliphatic carbocycles. The molecule has 1 aliphatic rings. The Morgan fingerprint density at radius 1 is 1.10 bits per heavy atom. The van der Waals surface area contributed by atoms with Gasteiger partial charge in [0.25, 0.3) is 5.56 Å². The fourth-order valence-corrected chi connectivity index (χ4v) is 4.95. The minimum atomic E-state index is -0.0253. The second-order valence-corrected chi connectivity index (χ2v) is 8.57. The van der Waals surface area contributed by atoms with E-state index in [1.807, 2.05) is 46.7 Å². The quantitative estimate of drug-likeness (QED) is 0.489. The van der Waals surface area contributed by atoms with E-state index in [2.05, 4.69) is 24.0 Å². The lowest BCUT2D eigenvalue weighted by molar-refractivity contribution is -0.117. The van der Waals surface area contributed by atoms with E-state index in [1.54, 1.807) is 10.9 Å². The Bertz CT molecular complexity index is 1300. The largest absolute Gasteiger partial charge is 0.312 e. The van der Waals surface area contributed by atoms with Crippen molar-refractivity contribution in [2.45, 2.75) is 26.3 Å². The Morgan fingerprint density at radius 3 is 2.67 bits per heavy atom. The Hall–Kier alpha value is -3.25. The Balaban J connectivity index is 1.43. The molecule has 0 N–H and O–H groups in total. The molecule has 3 heterocycles. The summed E-state index contributed by atoms with van der Waals surface area (Å²) in [6.45, 7) is 3.29. The number of anilines is 1. The zero-order chi connectivity index (χ0) is 20.7. The number of rotatable bonds is 4. The molecule has 2 aromatic carbocycles. The second kappa shape index (κ2) is 7.54. The first-order valence-electron chi connectivity index (χ1n) is 10.0. The predicted molar refractivity (Wildman–Crippen MR) is 121 cm³/mol. The molecule has 150 valence electrons. The van der Waals surface area contributed by atoms with E-state index in [4.69, 9.17) is 0 Å². The number of carbonyl (C=O) groups excluding carboxylic acids is 1. The van der Waals surface area contributed by atoms with Crippen LogP contribution in [0.2, 0.25) is 0 Å². The van der Waals surface area contributed by atoms with Crippen LogP contribution in [-0.2, 0) is 11.3 Å². The number of benzene rings is 2. The minimum absolute atomic E-state index is 0.0253. The highest BCUT2D eigenvalue weighted by Gasteiger charge is 2.21. The Morgan fingerprint density at radius 2 is 1.93 bits per heavy atom. The van der Waals surface area contributed by atoms with Crippen LogP contribution in [0.5, 0.6) is 0 Å². The van der Waals surface area contributed by atoms with Crippen molar-refractivity contribution >= 4 is 33.1 Å². The third-order valence-corrected chi connectivity index (χ3v) is 6.51. The summed E-state index contributed by atoms with van der Waals surface area (Å²) in [5.41, 5.74) is 5.92. The van der Waals surface area contributed by atoms with E-state index >= 15 is 0 Å². The van der Waals surface area contributed by atoms with Crippen molar-refractivity contribution in [1.29, 1.82) is 0 Å². The molecule has 0 spiro atoms. The van der Waals surface area contributed by atoms with Crippen LogP contribution in [0.4, 0.5) is 5.69 Å². The third-order valence-electron chi connectivity index (χ3n) is 5.55. The summed E-state index contributed by atoms with van der Waals surface area (Å²) in [6, 6.07) is 16.1. The highest BCUT2D eigenvalue weighted by molar-refractivity contribution is 7.17. The normalized spacial score (nSPS) is 14.0. The standard InChI is InChI=1S/C24H21N3O2S/c1-16-4-2-5-18(12-16)20-14-30-23-22(20)25-15-26(24(23)29)13-17-7-9-19(10-8-17)27-11-3-6-21(27)28/h2,4-5,7-10,12,14-15H,3,6,11,13H2,1H3. The highest BCUT2D eigenvalue weighted by atomic mass is 32.1. The van der Waals surface area contributed by atoms with Crippen LogP contribution in [0.15, 0.2) is 65.0 Å². The van der Waals surface area contributed by atoms with Gasteiger partial charge in [-0.25, -0.2) is 4.98 Å². The highest BCUT2D eigenvalue weighted by Crippen LogP contribution is 2.31. The molecule has 5 rings (SSSR count). The molecule has 0 bridgehead atoms. The molecule has 0 radical (unpaired) electrons. The molecule has 0 saturated carbocycles. The van der Waals surface area contributed by atoms with Gasteiger partial charge in [0.2, 0.25) is 5.91 Å². The zero-order valence-corrected chi connectivity index (χ0v) is 17.5. The van der Waals surface area contributed by atoms with Gasteiger partial charge in [-0.1, -0.05) is 42.0 Å². The van der Waals surface area contributed by atoms with Crippen molar-refractivity contribution in [3.8, 4) is 11.1 Å². The Labute approximate surface area is 178 Å². The first-order chi connectivity index (χ1) is 14.6. The van der Waals surface area contributed by atoms with E-state index in [9.17, 15) is 9.59 Å². The van der Waals surface area contributed by atoms with Gasteiger partial charge < -0.3 is 4.90 Å². The summed E-state index contributed by atoms with van der Waals surface area (Å²) >= 11 is 1.45. The van der Waals surface area contributed by atoms with E-state index in [1.165, 1.54) is 16.9 Å². The van der Waals surface area contributed by atoms with Crippen LogP contribution in [0.25, 0.3) is 21.3 Å². The smallest absolute Gasteiger partial charge is 0.271 e. The molecule has 1 amide bonds. The third kappa shape index (κ3) is 3.33. The number of aryl methyl sites for hydroxylation is 1. The number of amides is 1. The number of carbonyl (C=O) groups is 1. The zero-order valence-electron chi connectivity index (χ0n) is 16.7. The lowest BCUT2D eigenvalue weighted by Crippen LogP contribution is -2.23. The maximum absolute atomic E-state index is 13.0. The fourth-order valence-electron chi connectivity index (χ4n) is 3.97. The van der Waals surface area contributed by atoms with Crippen molar-refractivity contribution < 1.29 is 4.79 Å². The van der Waals surface area contributed by atoms with Crippen LogP contribution in [0.3, 0.4) is 0 Å². The van der Waals surface area contributed by atoms with E-state index in [-0.39, 0.29) is 11.5 Å². The molecule has 0 unspecified atom stereocenters. The number of fused-ring (bicyclic) bond motifs is 1. The number of nitrogens with zero attached hydrogens (tertiary/aromatic N) is 3. The van der Waals surface area contributed by atoms with Crippen LogP contribution < -0.4 is 10.5 Å². The summed E-state index contributed by atoms with van der Waals surface area (Å²) in [5.74, 6) is 0.177. The van der Waals surface area contributed by atoms with E-state index in [0.29, 0.717) is 17.7 Å². The van der Waals surface area contributed by atoms with Gasteiger partial charge in [0.05, 0.1) is 18.4 Å². The first kappa shape index (κ1) is 18.8. The predicted octanol–water partition coefficient (Wildman–Crippen LogP) is 4.61. The van der Waals surface area contributed by atoms with Gasteiger partial charge in [0.15, 0.2) is 0 Å². The minimum Gasteiger partial charge on any atom is -0.312 e. The van der Waals surface area contributed by atoms with E-state index < -0.39 is 0 Å². The van der Waals surface area contributed by atoms with Crippen LogP contribution in [-0.4, -0.2) is 22.0 Å². The molecular weight excluding hydrogens is 394 g/mol. The summed E-state index contributed by atoms with van der Waals surface area (Å²) in [5, 5.41) is 2.01. The molecule has 6 heteroatoms.